The number of hydrogen-bond acceptors (Lipinski definition) is 4. The van der Waals surface area contributed by atoms with Gasteiger partial charge in [-0.2, -0.15) is 0 Å². The highest BCUT2D eigenvalue weighted by Gasteiger charge is 2.06. The first-order valence-electron chi connectivity index (χ1n) is 7.70. The topological polar surface area (TPSA) is 45.0 Å². The van der Waals surface area contributed by atoms with Crippen molar-refractivity contribution in [2.75, 3.05) is 27.2 Å². The zero-order valence-corrected chi connectivity index (χ0v) is 13.4. The molecule has 0 saturated heterocycles. The maximum Gasteiger partial charge on any atom is 0.188 e. The number of hydrogen-bond donors (Lipinski definition) is 0. The van der Waals surface area contributed by atoms with Gasteiger partial charge < -0.3 is 18.6 Å². The standard InChI is InChI=1S/C18H19FN2O3/c1-22-13-24-16-7-8-18-20-17(12-21(18)11-16)14-3-5-15(6-4-14)23-10-2-9-19/h3-8,11-12H,2,9-10,13H2,1H3. The molecule has 24 heavy (non-hydrogen) atoms. The summed E-state index contributed by atoms with van der Waals surface area (Å²) in [6.45, 7) is 0.223. The Bertz CT molecular complexity index is 787. The summed E-state index contributed by atoms with van der Waals surface area (Å²) in [4.78, 5) is 4.60. The minimum absolute atomic E-state index is 0.205. The van der Waals surface area contributed by atoms with Crippen molar-refractivity contribution in [3.05, 3.63) is 48.8 Å². The molecule has 0 aliphatic heterocycles. The third-order valence-corrected chi connectivity index (χ3v) is 3.46. The molecular weight excluding hydrogens is 311 g/mol. The molecule has 0 aliphatic carbocycles. The third kappa shape index (κ3) is 3.83. The molecular formula is C18H19FN2O3. The van der Waals surface area contributed by atoms with Gasteiger partial charge in [-0.15, -0.1) is 0 Å². The van der Waals surface area contributed by atoms with Gasteiger partial charge >= 0.3 is 0 Å². The number of halogens is 1. The summed E-state index contributed by atoms with van der Waals surface area (Å²) < 4.78 is 29.8. The summed E-state index contributed by atoms with van der Waals surface area (Å²) in [6, 6.07) is 11.4. The van der Waals surface area contributed by atoms with Crippen LogP contribution in [-0.4, -0.2) is 36.6 Å². The summed E-state index contributed by atoms with van der Waals surface area (Å²) in [6.07, 6.45) is 4.20. The van der Waals surface area contributed by atoms with E-state index in [2.05, 4.69) is 4.98 Å². The van der Waals surface area contributed by atoms with Crippen LogP contribution >= 0.6 is 0 Å². The van der Waals surface area contributed by atoms with Crippen LogP contribution < -0.4 is 9.47 Å². The summed E-state index contributed by atoms with van der Waals surface area (Å²) in [5, 5.41) is 0. The van der Waals surface area contributed by atoms with Gasteiger partial charge in [-0.05, 0) is 36.4 Å². The Labute approximate surface area is 139 Å². The van der Waals surface area contributed by atoms with Gasteiger partial charge in [0.05, 0.1) is 25.2 Å². The van der Waals surface area contributed by atoms with Crippen LogP contribution in [0.4, 0.5) is 4.39 Å². The number of alkyl halides is 1. The van der Waals surface area contributed by atoms with Crippen LogP contribution in [-0.2, 0) is 4.74 Å². The van der Waals surface area contributed by atoms with Crippen LogP contribution in [0.15, 0.2) is 48.8 Å². The van der Waals surface area contributed by atoms with Gasteiger partial charge in [0.1, 0.15) is 17.1 Å². The molecule has 5 nitrogen and oxygen atoms in total. The van der Waals surface area contributed by atoms with E-state index in [9.17, 15) is 4.39 Å². The molecule has 0 saturated carbocycles. The van der Waals surface area contributed by atoms with Gasteiger partial charge in [0.15, 0.2) is 6.79 Å². The third-order valence-electron chi connectivity index (χ3n) is 3.46. The Kier molecular flexibility index (Phi) is 5.28. The zero-order chi connectivity index (χ0) is 16.8. The van der Waals surface area contributed by atoms with E-state index in [-0.39, 0.29) is 13.5 Å². The Morgan fingerprint density at radius 3 is 2.54 bits per heavy atom. The van der Waals surface area contributed by atoms with Gasteiger partial charge in [-0.25, -0.2) is 4.98 Å². The summed E-state index contributed by atoms with van der Waals surface area (Å²) in [5.41, 5.74) is 2.67. The monoisotopic (exact) mass is 330 g/mol. The van der Waals surface area contributed by atoms with Crippen molar-refractivity contribution in [3.63, 3.8) is 0 Å². The molecule has 126 valence electrons. The lowest BCUT2D eigenvalue weighted by molar-refractivity contribution is 0.0508. The van der Waals surface area contributed by atoms with E-state index in [0.29, 0.717) is 18.8 Å². The molecule has 0 spiro atoms. The van der Waals surface area contributed by atoms with E-state index < -0.39 is 0 Å². The summed E-state index contributed by atoms with van der Waals surface area (Å²) in [5.74, 6) is 1.44. The second-order valence-electron chi connectivity index (χ2n) is 5.22. The smallest absolute Gasteiger partial charge is 0.188 e. The largest absolute Gasteiger partial charge is 0.493 e. The Balaban J connectivity index is 1.76. The van der Waals surface area contributed by atoms with Crippen molar-refractivity contribution in [2.24, 2.45) is 0 Å². The highest BCUT2D eigenvalue weighted by atomic mass is 19.1. The van der Waals surface area contributed by atoms with Gasteiger partial charge in [0, 0.05) is 25.3 Å². The van der Waals surface area contributed by atoms with Crippen molar-refractivity contribution in [1.29, 1.82) is 0 Å². The first-order valence-corrected chi connectivity index (χ1v) is 7.70. The van der Waals surface area contributed by atoms with E-state index in [4.69, 9.17) is 14.2 Å². The number of nitrogens with zero attached hydrogens (tertiary/aromatic N) is 2. The lowest BCUT2D eigenvalue weighted by Gasteiger charge is -2.05. The fourth-order valence-electron chi connectivity index (χ4n) is 2.29. The van der Waals surface area contributed by atoms with Gasteiger partial charge in [0.2, 0.25) is 0 Å². The van der Waals surface area contributed by atoms with Crippen molar-refractivity contribution >= 4 is 5.65 Å². The number of rotatable bonds is 8. The number of ether oxygens (including phenoxy) is 3. The highest BCUT2D eigenvalue weighted by molar-refractivity contribution is 5.63. The predicted octanol–water partition coefficient (Wildman–Crippen LogP) is 3.72. The lowest BCUT2D eigenvalue weighted by Crippen LogP contribution is -1.99. The number of fused-ring (bicyclic) bond motifs is 1. The normalized spacial score (nSPS) is 10.9. The average molecular weight is 330 g/mol. The second-order valence-corrected chi connectivity index (χ2v) is 5.22. The number of pyridine rings is 1. The second kappa shape index (κ2) is 7.79. The molecule has 0 unspecified atom stereocenters. The van der Waals surface area contributed by atoms with Crippen molar-refractivity contribution < 1.29 is 18.6 Å². The van der Waals surface area contributed by atoms with E-state index in [1.165, 1.54) is 0 Å². The maximum absolute atomic E-state index is 12.1. The van der Waals surface area contributed by atoms with Crippen molar-refractivity contribution in [1.82, 2.24) is 9.38 Å². The quantitative estimate of drug-likeness (QED) is 0.466. The highest BCUT2D eigenvalue weighted by Crippen LogP contribution is 2.23. The molecule has 0 bridgehead atoms. The molecule has 2 aromatic heterocycles. The predicted molar refractivity (Wildman–Crippen MR) is 89.2 cm³/mol. The minimum atomic E-state index is -0.366. The van der Waals surface area contributed by atoms with Gasteiger partial charge in [-0.1, -0.05) is 0 Å². The number of imidazole rings is 1. The number of methoxy groups -OCH3 is 1. The first-order chi connectivity index (χ1) is 11.8. The van der Waals surface area contributed by atoms with Crippen LogP contribution in [0.25, 0.3) is 16.9 Å². The maximum atomic E-state index is 12.1. The van der Waals surface area contributed by atoms with Gasteiger partial charge in [0.25, 0.3) is 0 Å². The van der Waals surface area contributed by atoms with Crippen molar-refractivity contribution in [2.45, 2.75) is 6.42 Å². The number of aromatic nitrogens is 2. The van der Waals surface area contributed by atoms with Crippen LogP contribution in [0.1, 0.15) is 6.42 Å². The van der Waals surface area contributed by atoms with Crippen LogP contribution in [0.2, 0.25) is 0 Å². The van der Waals surface area contributed by atoms with E-state index in [1.54, 1.807) is 7.11 Å². The molecule has 0 radical (unpaired) electrons. The average Bonchev–Trinajstić information content (AvgIpc) is 3.04. The van der Waals surface area contributed by atoms with Crippen LogP contribution in [0.3, 0.4) is 0 Å². The van der Waals surface area contributed by atoms with Crippen LogP contribution in [0.5, 0.6) is 11.5 Å². The Morgan fingerprint density at radius 2 is 1.79 bits per heavy atom. The molecule has 0 fully saturated rings. The van der Waals surface area contributed by atoms with Gasteiger partial charge in [-0.3, -0.25) is 4.39 Å². The first kappa shape index (κ1) is 16.3. The molecule has 2 heterocycles. The lowest BCUT2D eigenvalue weighted by atomic mass is 10.2. The molecule has 3 rings (SSSR count). The van der Waals surface area contributed by atoms with Crippen LogP contribution in [0, 0.1) is 0 Å². The minimum Gasteiger partial charge on any atom is -0.493 e. The molecule has 0 atom stereocenters. The SMILES string of the molecule is COCOc1ccc2nc(-c3ccc(OCCCF)cc3)cn2c1. The molecule has 0 aliphatic rings. The zero-order valence-electron chi connectivity index (χ0n) is 13.4. The van der Waals surface area contributed by atoms with E-state index in [0.717, 1.165) is 22.7 Å². The Morgan fingerprint density at radius 1 is 1.00 bits per heavy atom. The summed E-state index contributed by atoms with van der Waals surface area (Å²) >= 11 is 0. The fraction of sp³-hybridized carbons (Fsp3) is 0.278. The molecule has 1 aromatic carbocycles. The fourth-order valence-corrected chi connectivity index (χ4v) is 2.29. The van der Waals surface area contributed by atoms with Crippen molar-refractivity contribution in [3.8, 4) is 22.8 Å². The number of benzene rings is 1. The molecule has 3 aromatic rings. The molecule has 0 N–H and O–H groups in total. The van der Waals surface area contributed by atoms with E-state index in [1.807, 2.05) is 53.2 Å². The Hall–Kier alpha value is -2.60. The summed E-state index contributed by atoms with van der Waals surface area (Å²) in [7, 11) is 1.58. The van der Waals surface area contributed by atoms with E-state index >= 15 is 0 Å². The molecule has 6 heteroatoms. The molecule has 0 amide bonds.